The largest absolute Gasteiger partial charge is 0.494 e. The molecule has 1 amide bonds. The van der Waals surface area contributed by atoms with E-state index in [0.29, 0.717) is 31.3 Å². The lowest BCUT2D eigenvalue weighted by atomic mass is 10.1. The minimum atomic E-state index is -0.0947. The topological polar surface area (TPSA) is 68.5 Å². The quantitative estimate of drug-likeness (QED) is 0.686. The van der Waals surface area contributed by atoms with E-state index < -0.39 is 0 Å². The molecule has 2 heterocycles. The average Bonchev–Trinajstić information content (AvgIpc) is 3.30. The van der Waals surface area contributed by atoms with E-state index in [-0.39, 0.29) is 11.8 Å². The van der Waals surface area contributed by atoms with Gasteiger partial charge in [0.2, 0.25) is 17.6 Å². The van der Waals surface area contributed by atoms with E-state index in [4.69, 9.17) is 9.26 Å². The molecular formula is C21H21N3O3. The second-order valence-corrected chi connectivity index (χ2v) is 6.65. The van der Waals surface area contributed by atoms with Gasteiger partial charge in [0.25, 0.3) is 0 Å². The number of carbonyl (C=O) groups is 1. The van der Waals surface area contributed by atoms with Crippen molar-refractivity contribution in [3.8, 4) is 17.1 Å². The molecular weight excluding hydrogens is 342 g/mol. The molecule has 27 heavy (non-hydrogen) atoms. The smallest absolute Gasteiger partial charge is 0.232 e. The summed E-state index contributed by atoms with van der Waals surface area (Å²) in [5.41, 5.74) is 2.92. The third-order valence-electron chi connectivity index (χ3n) is 4.69. The average molecular weight is 363 g/mol. The number of anilines is 1. The molecule has 1 fully saturated rings. The first-order valence-corrected chi connectivity index (χ1v) is 9.08. The number of hydrogen-bond acceptors (Lipinski definition) is 5. The van der Waals surface area contributed by atoms with Crippen molar-refractivity contribution in [1.29, 1.82) is 0 Å². The molecule has 1 aromatic heterocycles. The van der Waals surface area contributed by atoms with Gasteiger partial charge >= 0.3 is 0 Å². The van der Waals surface area contributed by atoms with Crippen molar-refractivity contribution < 1.29 is 14.1 Å². The van der Waals surface area contributed by atoms with Gasteiger partial charge < -0.3 is 14.2 Å². The summed E-state index contributed by atoms with van der Waals surface area (Å²) in [6, 6.07) is 15.5. The fourth-order valence-electron chi connectivity index (χ4n) is 3.23. The molecule has 0 bridgehead atoms. The minimum Gasteiger partial charge on any atom is -0.494 e. The summed E-state index contributed by atoms with van der Waals surface area (Å²) in [7, 11) is 0. The third kappa shape index (κ3) is 3.56. The molecule has 138 valence electrons. The van der Waals surface area contributed by atoms with Crippen molar-refractivity contribution in [3.63, 3.8) is 0 Å². The van der Waals surface area contributed by atoms with Crippen molar-refractivity contribution in [2.75, 3.05) is 18.1 Å². The molecule has 1 aliphatic rings. The Morgan fingerprint density at radius 2 is 1.89 bits per heavy atom. The lowest BCUT2D eigenvalue weighted by Crippen LogP contribution is -2.24. The molecule has 0 unspecified atom stereocenters. The molecule has 1 saturated heterocycles. The number of amides is 1. The number of nitrogens with zero attached hydrogens (tertiary/aromatic N) is 3. The van der Waals surface area contributed by atoms with Crippen LogP contribution >= 0.6 is 0 Å². The monoisotopic (exact) mass is 363 g/mol. The Labute approximate surface area is 157 Å². The van der Waals surface area contributed by atoms with Gasteiger partial charge in [0, 0.05) is 24.2 Å². The first-order chi connectivity index (χ1) is 13.1. The van der Waals surface area contributed by atoms with Crippen molar-refractivity contribution in [3.05, 3.63) is 60.0 Å². The van der Waals surface area contributed by atoms with Crippen LogP contribution in [0.2, 0.25) is 0 Å². The predicted octanol–water partition coefficient (Wildman–Crippen LogP) is 3.96. The van der Waals surface area contributed by atoms with Gasteiger partial charge in [-0.15, -0.1) is 0 Å². The molecule has 2 aromatic carbocycles. The summed E-state index contributed by atoms with van der Waals surface area (Å²) in [5.74, 6) is 1.81. The third-order valence-corrected chi connectivity index (χ3v) is 4.69. The highest BCUT2D eigenvalue weighted by atomic mass is 16.5. The second kappa shape index (κ2) is 7.23. The number of aromatic nitrogens is 2. The Morgan fingerprint density at radius 3 is 2.59 bits per heavy atom. The normalized spacial score (nSPS) is 16.7. The molecule has 0 aliphatic carbocycles. The van der Waals surface area contributed by atoms with Crippen molar-refractivity contribution in [2.24, 2.45) is 0 Å². The summed E-state index contributed by atoms with van der Waals surface area (Å²) in [4.78, 5) is 18.7. The second-order valence-electron chi connectivity index (χ2n) is 6.65. The van der Waals surface area contributed by atoms with Gasteiger partial charge in [0.05, 0.1) is 12.5 Å². The first-order valence-electron chi connectivity index (χ1n) is 9.08. The van der Waals surface area contributed by atoms with Crippen LogP contribution in [0.3, 0.4) is 0 Å². The van der Waals surface area contributed by atoms with Crippen LogP contribution < -0.4 is 9.64 Å². The Kier molecular flexibility index (Phi) is 4.62. The van der Waals surface area contributed by atoms with Gasteiger partial charge in [-0.2, -0.15) is 4.98 Å². The molecule has 1 atom stereocenters. The Bertz CT molecular complexity index is 932. The summed E-state index contributed by atoms with van der Waals surface area (Å²) in [5, 5.41) is 4.08. The molecule has 3 aromatic rings. The lowest BCUT2D eigenvalue weighted by Gasteiger charge is -2.16. The zero-order valence-electron chi connectivity index (χ0n) is 15.4. The van der Waals surface area contributed by atoms with Crippen LogP contribution in [0, 0.1) is 6.92 Å². The zero-order chi connectivity index (χ0) is 18.8. The highest BCUT2D eigenvalue weighted by molar-refractivity contribution is 5.96. The number of aryl methyl sites for hydroxylation is 1. The van der Waals surface area contributed by atoms with Crippen molar-refractivity contribution >= 4 is 11.6 Å². The van der Waals surface area contributed by atoms with Gasteiger partial charge in [-0.1, -0.05) is 22.9 Å². The number of benzene rings is 2. The van der Waals surface area contributed by atoms with Gasteiger partial charge in [-0.25, -0.2) is 0 Å². The van der Waals surface area contributed by atoms with Crippen molar-refractivity contribution in [1.82, 2.24) is 10.1 Å². The van der Waals surface area contributed by atoms with E-state index >= 15 is 0 Å². The van der Waals surface area contributed by atoms with Gasteiger partial charge in [0.15, 0.2) is 0 Å². The number of ether oxygens (including phenoxy) is 1. The maximum absolute atomic E-state index is 12.4. The molecule has 0 N–H and O–H groups in total. The highest BCUT2D eigenvalue weighted by Crippen LogP contribution is 2.32. The van der Waals surface area contributed by atoms with E-state index in [0.717, 1.165) is 17.0 Å². The maximum atomic E-state index is 12.4. The highest BCUT2D eigenvalue weighted by Gasteiger charge is 2.35. The van der Waals surface area contributed by atoms with Crippen LogP contribution in [0.5, 0.6) is 5.75 Å². The summed E-state index contributed by atoms with van der Waals surface area (Å²) >= 11 is 0. The van der Waals surface area contributed by atoms with Gasteiger partial charge in [-0.05, 0) is 50.2 Å². The van der Waals surface area contributed by atoms with Crippen LogP contribution in [0.15, 0.2) is 53.1 Å². The zero-order valence-corrected chi connectivity index (χ0v) is 15.4. The molecule has 0 saturated carbocycles. The number of hydrogen-bond donors (Lipinski definition) is 0. The van der Waals surface area contributed by atoms with E-state index in [9.17, 15) is 4.79 Å². The van der Waals surface area contributed by atoms with Crippen LogP contribution in [-0.4, -0.2) is 29.2 Å². The summed E-state index contributed by atoms with van der Waals surface area (Å²) < 4.78 is 10.9. The Morgan fingerprint density at radius 1 is 1.15 bits per heavy atom. The lowest BCUT2D eigenvalue weighted by molar-refractivity contribution is -0.117. The molecule has 6 heteroatoms. The van der Waals surface area contributed by atoms with Crippen molar-refractivity contribution in [2.45, 2.75) is 26.2 Å². The fourth-order valence-corrected chi connectivity index (χ4v) is 3.23. The van der Waals surface area contributed by atoms with Gasteiger partial charge in [0.1, 0.15) is 5.75 Å². The van der Waals surface area contributed by atoms with E-state index in [1.54, 1.807) is 4.90 Å². The summed E-state index contributed by atoms with van der Waals surface area (Å²) in [6.07, 6.45) is 0.374. The molecule has 4 rings (SSSR count). The van der Waals surface area contributed by atoms with E-state index in [1.807, 2.05) is 62.4 Å². The standard InChI is InChI=1S/C21H21N3O3/c1-3-26-18-10-6-15(7-11-18)20-22-21(27-23-20)16-12-19(25)24(13-16)17-8-4-14(2)5-9-17/h4-11,16H,3,12-13H2,1-2H3/t16-/m1/s1. The maximum Gasteiger partial charge on any atom is 0.232 e. The Balaban J connectivity index is 1.50. The molecule has 0 radical (unpaired) electrons. The van der Waals surface area contributed by atoms with Gasteiger partial charge in [-0.3, -0.25) is 4.79 Å². The van der Waals surface area contributed by atoms with Crippen LogP contribution in [-0.2, 0) is 4.79 Å². The van der Waals surface area contributed by atoms with Crippen LogP contribution in [0.4, 0.5) is 5.69 Å². The predicted molar refractivity (Wildman–Crippen MR) is 102 cm³/mol. The molecule has 0 spiro atoms. The molecule has 1 aliphatic heterocycles. The van der Waals surface area contributed by atoms with Crippen LogP contribution in [0.25, 0.3) is 11.4 Å². The number of carbonyl (C=O) groups excluding carboxylic acids is 1. The fraction of sp³-hybridized carbons (Fsp3) is 0.286. The Hall–Kier alpha value is -3.15. The first kappa shape index (κ1) is 17.3. The minimum absolute atomic E-state index is 0.0738. The van der Waals surface area contributed by atoms with Crippen LogP contribution in [0.1, 0.15) is 30.7 Å². The van der Waals surface area contributed by atoms with E-state index in [1.165, 1.54) is 5.56 Å². The molecule has 6 nitrogen and oxygen atoms in total. The summed E-state index contributed by atoms with van der Waals surface area (Å²) in [6.45, 7) is 5.15. The SMILES string of the molecule is CCOc1ccc(-c2noc([C@@H]3CC(=O)N(c4ccc(C)cc4)C3)n2)cc1. The number of rotatable bonds is 5. The van der Waals surface area contributed by atoms with E-state index in [2.05, 4.69) is 10.1 Å².